The largest absolute Gasteiger partial charge is 0.489 e. The van der Waals surface area contributed by atoms with Crippen molar-refractivity contribution < 1.29 is 4.74 Å². The summed E-state index contributed by atoms with van der Waals surface area (Å²) < 4.78 is 5.96. The molecule has 3 aromatic rings. The minimum Gasteiger partial charge on any atom is -0.489 e. The lowest BCUT2D eigenvalue weighted by molar-refractivity contribution is 0.304. The standard InChI is InChI=1S/C18H17NOS/c1-13-9-18(20-10-15-6-4-3-5-7-15)14(2)8-16(13)17-11-21-12-19-17/h3-9,11-12H,10H2,1-2H3. The Morgan fingerprint density at radius 2 is 1.86 bits per heavy atom. The first kappa shape index (κ1) is 13.8. The van der Waals surface area contributed by atoms with E-state index in [9.17, 15) is 0 Å². The third kappa shape index (κ3) is 3.14. The van der Waals surface area contributed by atoms with E-state index in [1.54, 1.807) is 11.3 Å². The molecule has 21 heavy (non-hydrogen) atoms. The minimum absolute atomic E-state index is 0.594. The first-order valence-corrected chi connectivity index (χ1v) is 7.85. The predicted octanol–water partition coefficient (Wildman–Crippen LogP) is 5.01. The van der Waals surface area contributed by atoms with Gasteiger partial charge >= 0.3 is 0 Å². The van der Waals surface area contributed by atoms with Crippen LogP contribution in [0.15, 0.2) is 53.4 Å². The smallest absolute Gasteiger partial charge is 0.123 e. The van der Waals surface area contributed by atoms with Crippen molar-refractivity contribution in [2.75, 3.05) is 0 Å². The third-order valence-corrected chi connectivity index (χ3v) is 4.05. The molecular formula is C18H17NOS. The van der Waals surface area contributed by atoms with Crippen molar-refractivity contribution in [2.24, 2.45) is 0 Å². The van der Waals surface area contributed by atoms with Crippen LogP contribution in [0.2, 0.25) is 0 Å². The molecule has 0 aliphatic heterocycles. The van der Waals surface area contributed by atoms with Gasteiger partial charge in [0.1, 0.15) is 12.4 Å². The molecule has 0 fully saturated rings. The highest BCUT2D eigenvalue weighted by atomic mass is 32.1. The van der Waals surface area contributed by atoms with Crippen molar-refractivity contribution >= 4 is 11.3 Å². The molecule has 3 rings (SSSR count). The van der Waals surface area contributed by atoms with E-state index in [1.807, 2.05) is 23.7 Å². The molecular weight excluding hydrogens is 278 g/mol. The van der Waals surface area contributed by atoms with Crippen molar-refractivity contribution in [2.45, 2.75) is 20.5 Å². The summed E-state index contributed by atoms with van der Waals surface area (Å²) in [5.74, 6) is 0.940. The second-order valence-corrected chi connectivity index (χ2v) is 5.80. The Hall–Kier alpha value is -2.13. The van der Waals surface area contributed by atoms with Gasteiger partial charge in [0.25, 0.3) is 0 Å². The van der Waals surface area contributed by atoms with Crippen LogP contribution in [-0.4, -0.2) is 4.98 Å². The number of aromatic nitrogens is 1. The van der Waals surface area contributed by atoms with Crippen LogP contribution in [0.5, 0.6) is 5.75 Å². The van der Waals surface area contributed by atoms with E-state index in [0.29, 0.717) is 6.61 Å². The van der Waals surface area contributed by atoms with Gasteiger partial charge in [-0.1, -0.05) is 30.3 Å². The minimum atomic E-state index is 0.594. The molecule has 0 spiro atoms. The van der Waals surface area contributed by atoms with Gasteiger partial charge in [-0.15, -0.1) is 11.3 Å². The molecule has 2 aromatic carbocycles. The Labute approximate surface area is 129 Å². The van der Waals surface area contributed by atoms with E-state index in [-0.39, 0.29) is 0 Å². The molecule has 0 saturated heterocycles. The van der Waals surface area contributed by atoms with Crippen LogP contribution in [-0.2, 0) is 6.61 Å². The maximum Gasteiger partial charge on any atom is 0.123 e. The Morgan fingerprint density at radius 3 is 2.57 bits per heavy atom. The highest BCUT2D eigenvalue weighted by Crippen LogP contribution is 2.30. The second-order valence-electron chi connectivity index (χ2n) is 5.08. The SMILES string of the molecule is Cc1cc(-c2cscn2)c(C)cc1OCc1ccccc1. The zero-order chi connectivity index (χ0) is 14.7. The molecule has 0 N–H and O–H groups in total. The lowest BCUT2D eigenvalue weighted by Gasteiger charge is -2.12. The zero-order valence-corrected chi connectivity index (χ0v) is 13.0. The molecule has 1 heterocycles. The monoisotopic (exact) mass is 295 g/mol. The summed E-state index contributed by atoms with van der Waals surface area (Å²) in [6, 6.07) is 14.5. The summed E-state index contributed by atoms with van der Waals surface area (Å²) in [5.41, 5.74) is 7.59. The number of rotatable bonds is 4. The van der Waals surface area contributed by atoms with Gasteiger partial charge in [0.05, 0.1) is 11.2 Å². The van der Waals surface area contributed by atoms with Gasteiger partial charge in [0.15, 0.2) is 0 Å². The normalized spacial score (nSPS) is 10.6. The van der Waals surface area contributed by atoms with Crippen molar-refractivity contribution in [1.29, 1.82) is 0 Å². The molecule has 0 aliphatic rings. The molecule has 0 bridgehead atoms. The van der Waals surface area contributed by atoms with Crippen LogP contribution in [0, 0.1) is 13.8 Å². The van der Waals surface area contributed by atoms with Crippen molar-refractivity contribution in [3.8, 4) is 17.0 Å². The Balaban J connectivity index is 1.82. The third-order valence-electron chi connectivity index (χ3n) is 3.47. The number of benzene rings is 2. The van der Waals surface area contributed by atoms with E-state index in [1.165, 1.54) is 16.7 Å². The molecule has 0 aliphatic carbocycles. The van der Waals surface area contributed by atoms with Gasteiger partial charge in [0.2, 0.25) is 0 Å². The second kappa shape index (κ2) is 6.10. The Bertz CT molecular complexity index is 720. The van der Waals surface area contributed by atoms with E-state index >= 15 is 0 Å². The van der Waals surface area contributed by atoms with E-state index < -0.39 is 0 Å². The molecule has 106 valence electrons. The van der Waals surface area contributed by atoms with Crippen LogP contribution in [0.1, 0.15) is 16.7 Å². The van der Waals surface area contributed by atoms with Gasteiger partial charge in [-0.3, -0.25) is 0 Å². The fourth-order valence-corrected chi connectivity index (χ4v) is 2.85. The Morgan fingerprint density at radius 1 is 1.05 bits per heavy atom. The molecule has 1 aromatic heterocycles. The molecule has 2 nitrogen and oxygen atoms in total. The van der Waals surface area contributed by atoms with Crippen molar-refractivity contribution in [1.82, 2.24) is 4.98 Å². The van der Waals surface area contributed by atoms with Crippen molar-refractivity contribution in [3.63, 3.8) is 0 Å². The molecule has 3 heteroatoms. The molecule has 0 saturated carbocycles. The van der Waals surface area contributed by atoms with Gasteiger partial charge in [0, 0.05) is 10.9 Å². The van der Waals surface area contributed by atoms with Crippen LogP contribution < -0.4 is 4.74 Å². The van der Waals surface area contributed by atoms with E-state index in [0.717, 1.165) is 17.0 Å². The van der Waals surface area contributed by atoms with E-state index in [4.69, 9.17) is 4.74 Å². The zero-order valence-electron chi connectivity index (χ0n) is 12.2. The summed E-state index contributed by atoms with van der Waals surface area (Å²) in [6.45, 7) is 4.77. The highest BCUT2D eigenvalue weighted by molar-refractivity contribution is 7.07. The predicted molar refractivity (Wildman–Crippen MR) is 87.8 cm³/mol. The summed E-state index contributed by atoms with van der Waals surface area (Å²) in [4.78, 5) is 4.39. The summed E-state index contributed by atoms with van der Waals surface area (Å²) in [7, 11) is 0. The van der Waals surface area contributed by atoms with Crippen LogP contribution in [0.3, 0.4) is 0 Å². The Kier molecular flexibility index (Phi) is 4.02. The van der Waals surface area contributed by atoms with Crippen LogP contribution in [0.4, 0.5) is 0 Å². The number of thiazole rings is 1. The fourth-order valence-electron chi connectivity index (χ4n) is 2.30. The van der Waals surface area contributed by atoms with E-state index in [2.05, 4.69) is 48.5 Å². The summed E-state index contributed by atoms with van der Waals surface area (Å²) in [6.07, 6.45) is 0. The molecule has 0 unspecified atom stereocenters. The topological polar surface area (TPSA) is 22.1 Å². The first-order chi connectivity index (χ1) is 10.2. The number of ether oxygens (including phenoxy) is 1. The summed E-state index contributed by atoms with van der Waals surface area (Å²) >= 11 is 1.62. The highest BCUT2D eigenvalue weighted by Gasteiger charge is 2.09. The lowest BCUT2D eigenvalue weighted by atomic mass is 10.0. The number of hydrogen-bond acceptors (Lipinski definition) is 3. The number of aryl methyl sites for hydroxylation is 2. The van der Waals surface area contributed by atoms with Crippen LogP contribution in [0.25, 0.3) is 11.3 Å². The van der Waals surface area contributed by atoms with Gasteiger partial charge < -0.3 is 4.74 Å². The summed E-state index contributed by atoms with van der Waals surface area (Å²) in [5, 5.41) is 2.08. The fraction of sp³-hybridized carbons (Fsp3) is 0.167. The maximum absolute atomic E-state index is 5.96. The van der Waals surface area contributed by atoms with Gasteiger partial charge in [-0.05, 0) is 42.7 Å². The van der Waals surface area contributed by atoms with Crippen LogP contribution >= 0.6 is 11.3 Å². The quantitative estimate of drug-likeness (QED) is 0.675. The molecule has 0 amide bonds. The lowest BCUT2D eigenvalue weighted by Crippen LogP contribution is -1.98. The maximum atomic E-state index is 5.96. The average molecular weight is 295 g/mol. The number of nitrogens with zero attached hydrogens (tertiary/aromatic N) is 1. The average Bonchev–Trinajstić information content (AvgIpc) is 3.03. The first-order valence-electron chi connectivity index (χ1n) is 6.90. The number of hydrogen-bond donors (Lipinski definition) is 0. The molecule has 0 radical (unpaired) electrons. The van der Waals surface area contributed by atoms with Gasteiger partial charge in [-0.25, -0.2) is 4.98 Å². The molecule has 0 atom stereocenters. The van der Waals surface area contributed by atoms with Crippen molar-refractivity contribution in [3.05, 3.63) is 70.0 Å². The van der Waals surface area contributed by atoms with Gasteiger partial charge in [-0.2, -0.15) is 0 Å².